The number of fused-ring (bicyclic) bond motifs is 2. The minimum Gasteiger partial charge on any atom is -0.481 e. The number of carbonyl (C=O) groups is 2. The summed E-state index contributed by atoms with van der Waals surface area (Å²) in [5, 5.41) is 22.5. The molecule has 0 saturated heterocycles. The predicted molar refractivity (Wildman–Crippen MR) is 103 cm³/mol. The van der Waals surface area contributed by atoms with Crippen LogP contribution < -0.4 is 0 Å². The molecule has 0 aliphatic carbocycles. The van der Waals surface area contributed by atoms with Gasteiger partial charge in [0, 0.05) is 12.8 Å². The molecule has 3 aromatic carbocycles. The molecule has 4 heteroatoms. The maximum atomic E-state index is 10.9. The topological polar surface area (TPSA) is 74.6 Å². The Morgan fingerprint density at radius 1 is 0.615 bits per heavy atom. The molecule has 0 radical (unpaired) electrons. The third-order valence-corrected chi connectivity index (χ3v) is 4.79. The highest BCUT2D eigenvalue weighted by atomic mass is 16.4. The van der Waals surface area contributed by atoms with E-state index >= 15 is 0 Å². The summed E-state index contributed by atoms with van der Waals surface area (Å²) in [6.45, 7) is 0. The quantitative estimate of drug-likeness (QED) is 0.572. The number of rotatable bonds is 8. The Labute approximate surface area is 152 Å². The van der Waals surface area contributed by atoms with E-state index in [2.05, 4.69) is 24.3 Å². The van der Waals surface area contributed by atoms with Crippen molar-refractivity contribution < 1.29 is 19.8 Å². The molecule has 0 amide bonds. The molecule has 0 aliphatic rings. The van der Waals surface area contributed by atoms with Crippen LogP contribution in [0.5, 0.6) is 0 Å². The minimum atomic E-state index is -0.774. The van der Waals surface area contributed by atoms with Crippen molar-refractivity contribution in [3.05, 3.63) is 59.7 Å². The Morgan fingerprint density at radius 3 is 1.19 bits per heavy atom. The normalized spacial score (nSPS) is 11.1. The lowest BCUT2D eigenvalue weighted by Crippen LogP contribution is -2.01. The maximum absolute atomic E-state index is 10.9. The Hall–Kier alpha value is -2.88. The fourth-order valence-electron chi connectivity index (χ4n) is 3.68. The molecule has 0 heterocycles. The minimum absolute atomic E-state index is 0.156. The standard InChI is InChI=1S/C22H22O4/c23-21(24)13-5-11-19-15-7-1-2-8-16(15)20(12-6-14-22(25)26)18-10-4-3-9-17(18)19/h1-4,7-10H,5-6,11-14H2,(H,23,24)(H,25,26). The van der Waals surface area contributed by atoms with Crippen LogP contribution in [0, 0.1) is 0 Å². The van der Waals surface area contributed by atoms with Gasteiger partial charge in [0.1, 0.15) is 0 Å². The first-order valence-electron chi connectivity index (χ1n) is 8.92. The van der Waals surface area contributed by atoms with Crippen molar-refractivity contribution in [3.8, 4) is 0 Å². The van der Waals surface area contributed by atoms with E-state index in [1.807, 2.05) is 24.3 Å². The van der Waals surface area contributed by atoms with E-state index in [4.69, 9.17) is 10.2 Å². The summed E-state index contributed by atoms with van der Waals surface area (Å²) in [6, 6.07) is 16.3. The predicted octanol–water partition coefficient (Wildman–Crippen LogP) is 4.81. The average molecular weight is 350 g/mol. The maximum Gasteiger partial charge on any atom is 0.303 e. The van der Waals surface area contributed by atoms with E-state index < -0.39 is 11.9 Å². The monoisotopic (exact) mass is 350 g/mol. The van der Waals surface area contributed by atoms with E-state index in [1.54, 1.807) is 0 Å². The average Bonchev–Trinajstić information content (AvgIpc) is 2.62. The van der Waals surface area contributed by atoms with Crippen LogP contribution in [0.25, 0.3) is 21.5 Å². The van der Waals surface area contributed by atoms with Crippen LogP contribution in [0.15, 0.2) is 48.5 Å². The van der Waals surface area contributed by atoms with Gasteiger partial charge in [0.05, 0.1) is 0 Å². The van der Waals surface area contributed by atoms with Crippen LogP contribution in [0.3, 0.4) is 0 Å². The Balaban J connectivity index is 2.11. The molecule has 0 spiro atoms. The Bertz CT molecular complexity index is 824. The third-order valence-electron chi connectivity index (χ3n) is 4.79. The van der Waals surface area contributed by atoms with Crippen LogP contribution in [0.1, 0.15) is 36.8 Å². The van der Waals surface area contributed by atoms with Gasteiger partial charge in [0.15, 0.2) is 0 Å². The second-order valence-electron chi connectivity index (χ2n) is 6.54. The van der Waals surface area contributed by atoms with Gasteiger partial charge in [-0.1, -0.05) is 48.5 Å². The fraction of sp³-hybridized carbons (Fsp3) is 0.273. The van der Waals surface area contributed by atoms with E-state index in [0.29, 0.717) is 25.7 Å². The molecular weight excluding hydrogens is 328 g/mol. The van der Waals surface area contributed by atoms with E-state index in [1.165, 1.54) is 11.1 Å². The van der Waals surface area contributed by atoms with Gasteiger partial charge in [0.2, 0.25) is 0 Å². The summed E-state index contributed by atoms with van der Waals surface area (Å²) >= 11 is 0. The number of carboxylic acid groups (broad SMARTS) is 2. The molecule has 2 N–H and O–H groups in total. The first-order valence-corrected chi connectivity index (χ1v) is 8.92. The molecule has 0 atom stereocenters. The van der Waals surface area contributed by atoms with E-state index in [-0.39, 0.29) is 12.8 Å². The third kappa shape index (κ3) is 3.85. The fourth-order valence-corrected chi connectivity index (χ4v) is 3.68. The lowest BCUT2D eigenvalue weighted by Gasteiger charge is -2.16. The second-order valence-corrected chi connectivity index (χ2v) is 6.54. The summed E-state index contributed by atoms with van der Waals surface area (Å²) < 4.78 is 0. The van der Waals surface area contributed by atoms with Crippen molar-refractivity contribution in [2.75, 3.05) is 0 Å². The van der Waals surface area contributed by atoms with Gasteiger partial charge in [0.25, 0.3) is 0 Å². The number of aliphatic carboxylic acids is 2. The molecule has 0 saturated carbocycles. The second kappa shape index (κ2) is 8.00. The van der Waals surface area contributed by atoms with Gasteiger partial charge in [-0.15, -0.1) is 0 Å². The van der Waals surface area contributed by atoms with Gasteiger partial charge in [-0.25, -0.2) is 0 Å². The molecule has 134 valence electrons. The van der Waals surface area contributed by atoms with Crippen LogP contribution in [-0.2, 0) is 22.4 Å². The van der Waals surface area contributed by atoms with Gasteiger partial charge < -0.3 is 10.2 Å². The molecular formula is C22H22O4. The van der Waals surface area contributed by atoms with Gasteiger partial charge in [-0.2, -0.15) is 0 Å². The van der Waals surface area contributed by atoms with Crippen molar-refractivity contribution in [1.82, 2.24) is 0 Å². The summed E-state index contributed by atoms with van der Waals surface area (Å²) in [5.74, 6) is -1.55. The lowest BCUT2D eigenvalue weighted by molar-refractivity contribution is -0.138. The summed E-state index contributed by atoms with van der Waals surface area (Å²) in [5.41, 5.74) is 2.36. The molecule has 0 unspecified atom stereocenters. The Kier molecular flexibility index (Phi) is 5.52. The highest BCUT2D eigenvalue weighted by Crippen LogP contribution is 2.34. The summed E-state index contributed by atoms with van der Waals surface area (Å²) in [6.07, 6.45) is 2.93. The SMILES string of the molecule is O=C(O)CCCc1c2ccccc2c(CCCC(=O)O)c2ccccc12. The first kappa shape index (κ1) is 17.9. The van der Waals surface area contributed by atoms with Crippen molar-refractivity contribution in [3.63, 3.8) is 0 Å². The smallest absolute Gasteiger partial charge is 0.303 e. The van der Waals surface area contributed by atoms with Crippen LogP contribution >= 0.6 is 0 Å². The van der Waals surface area contributed by atoms with Crippen LogP contribution in [0.4, 0.5) is 0 Å². The van der Waals surface area contributed by atoms with Gasteiger partial charge >= 0.3 is 11.9 Å². The summed E-state index contributed by atoms with van der Waals surface area (Å²) in [4.78, 5) is 21.8. The first-order chi connectivity index (χ1) is 12.6. The largest absolute Gasteiger partial charge is 0.481 e. The summed E-state index contributed by atoms with van der Waals surface area (Å²) in [7, 11) is 0. The number of benzene rings is 3. The molecule has 3 aromatic rings. The molecule has 0 fully saturated rings. The zero-order valence-corrected chi connectivity index (χ0v) is 14.6. The van der Waals surface area contributed by atoms with Crippen LogP contribution in [-0.4, -0.2) is 22.2 Å². The van der Waals surface area contributed by atoms with E-state index in [9.17, 15) is 9.59 Å². The molecule has 26 heavy (non-hydrogen) atoms. The van der Waals surface area contributed by atoms with Crippen molar-refractivity contribution >= 4 is 33.5 Å². The molecule has 0 aliphatic heterocycles. The number of hydrogen-bond donors (Lipinski definition) is 2. The van der Waals surface area contributed by atoms with Gasteiger partial charge in [-0.3, -0.25) is 9.59 Å². The molecule has 0 aromatic heterocycles. The highest BCUT2D eigenvalue weighted by molar-refractivity contribution is 6.05. The zero-order valence-electron chi connectivity index (χ0n) is 14.6. The zero-order chi connectivity index (χ0) is 18.5. The number of aryl methyl sites for hydroxylation is 2. The van der Waals surface area contributed by atoms with Crippen LogP contribution in [0.2, 0.25) is 0 Å². The van der Waals surface area contributed by atoms with Gasteiger partial charge in [-0.05, 0) is 58.4 Å². The lowest BCUT2D eigenvalue weighted by atomic mass is 9.87. The van der Waals surface area contributed by atoms with E-state index in [0.717, 1.165) is 21.5 Å². The number of hydrogen-bond acceptors (Lipinski definition) is 2. The molecule has 4 nitrogen and oxygen atoms in total. The molecule has 3 rings (SSSR count). The molecule has 0 bridgehead atoms. The van der Waals surface area contributed by atoms with Crippen molar-refractivity contribution in [2.24, 2.45) is 0 Å². The highest BCUT2D eigenvalue weighted by Gasteiger charge is 2.14. The van der Waals surface area contributed by atoms with Crippen molar-refractivity contribution in [1.29, 1.82) is 0 Å². The Morgan fingerprint density at radius 2 is 0.923 bits per heavy atom. The number of carboxylic acids is 2. The van der Waals surface area contributed by atoms with Crippen molar-refractivity contribution in [2.45, 2.75) is 38.5 Å².